The van der Waals surface area contributed by atoms with Crippen LogP contribution in [-0.4, -0.2) is 0 Å². The van der Waals surface area contributed by atoms with Crippen molar-refractivity contribution in [3.63, 3.8) is 0 Å². The highest BCUT2D eigenvalue weighted by molar-refractivity contribution is 5.87. The topological polar surface area (TPSA) is 52.0 Å². The average Bonchev–Trinajstić information content (AvgIpc) is 2.27. The zero-order valence-electron chi connectivity index (χ0n) is 8.33. The molecular weight excluding hydrogens is 191 g/mol. The van der Waals surface area contributed by atoms with Crippen molar-refractivity contribution in [1.29, 1.82) is 0 Å². The summed E-state index contributed by atoms with van der Waals surface area (Å²) in [6.45, 7) is 0.494. The molecule has 0 aliphatic heterocycles. The van der Waals surface area contributed by atoms with Crippen molar-refractivity contribution in [2.75, 3.05) is 0 Å². The number of benzene rings is 2. The van der Waals surface area contributed by atoms with Crippen LogP contribution in [0.3, 0.4) is 0 Å². The first-order chi connectivity index (χ1) is 7.27. The van der Waals surface area contributed by atoms with Gasteiger partial charge in [-0.25, -0.2) is 4.39 Å². The number of halogens is 1. The van der Waals surface area contributed by atoms with Gasteiger partial charge in [-0.15, -0.1) is 0 Å². The Hall–Kier alpha value is -1.45. The molecule has 2 aromatic carbocycles. The van der Waals surface area contributed by atoms with Crippen LogP contribution >= 0.6 is 0 Å². The highest BCUT2D eigenvalue weighted by atomic mass is 19.1. The predicted molar refractivity (Wildman–Crippen MR) is 59.7 cm³/mol. The molecular formula is C12H13FN2. The normalized spacial score (nSPS) is 10.9. The van der Waals surface area contributed by atoms with Gasteiger partial charge in [0, 0.05) is 18.7 Å². The van der Waals surface area contributed by atoms with Gasteiger partial charge in [-0.3, -0.25) is 0 Å². The largest absolute Gasteiger partial charge is 0.326 e. The molecule has 0 aliphatic carbocycles. The molecule has 3 heteroatoms. The molecule has 0 radical (unpaired) electrons. The second kappa shape index (κ2) is 3.96. The summed E-state index contributed by atoms with van der Waals surface area (Å²) in [7, 11) is 0. The van der Waals surface area contributed by atoms with Crippen molar-refractivity contribution >= 4 is 10.8 Å². The fourth-order valence-corrected chi connectivity index (χ4v) is 1.88. The quantitative estimate of drug-likeness (QED) is 0.785. The van der Waals surface area contributed by atoms with Gasteiger partial charge in [0.2, 0.25) is 0 Å². The minimum atomic E-state index is -0.267. The molecule has 0 fully saturated rings. The molecule has 2 aromatic rings. The second-order valence-corrected chi connectivity index (χ2v) is 3.44. The molecule has 0 heterocycles. The number of nitrogens with two attached hydrogens (primary N) is 2. The van der Waals surface area contributed by atoms with E-state index in [0.717, 1.165) is 16.3 Å². The maximum Gasteiger partial charge on any atom is 0.128 e. The molecule has 0 saturated carbocycles. The Balaban J connectivity index is 2.84. The highest BCUT2D eigenvalue weighted by Crippen LogP contribution is 2.24. The molecule has 0 aromatic heterocycles. The van der Waals surface area contributed by atoms with Crippen LogP contribution < -0.4 is 11.5 Å². The van der Waals surface area contributed by atoms with Gasteiger partial charge in [-0.1, -0.05) is 24.3 Å². The van der Waals surface area contributed by atoms with E-state index in [1.54, 1.807) is 0 Å². The molecule has 4 N–H and O–H groups in total. The predicted octanol–water partition coefficient (Wildman–Crippen LogP) is 1.90. The number of hydrogen-bond acceptors (Lipinski definition) is 2. The molecule has 78 valence electrons. The third kappa shape index (κ3) is 1.60. The van der Waals surface area contributed by atoms with E-state index in [0.29, 0.717) is 12.1 Å². The minimum absolute atomic E-state index is 0.184. The molecule has 0 bridgehead atoms. The van der Waals surface area contributed by atoms with Gasteiger partial charge < -0.3 is 11.5 Å². The first-order valence-electron chi connectivity index (χ1n) is 4.87. The lowest BCUT2D eigenvalue weighted by Crippen LogP contribution is -2.09. The van der Waals surface area contributed by atoms with Crippen LogP contribution in [0.1, 0.15) is 11.1 Å². The standard InChI is InChI=1S/C12H13FN2/c13-12-5-8-3-1-2-4-9(8)10(6-14)11(12)7-15/h1-5H,6-7,14-15H2. The Morgan fingerprint density at radius 3 is 2.33 bits per heavy atom. The lowest BCUT2D eigenvalue weighted by molar-refractivity contribution is 0.609. The summed E-state index contributed by atoms with van der Waals surface area (Å²) in [6, 6.07) is 9.12. The van der Waals surface area contributed by atoms with Crippen molar-refractivity contribution in [1.82, 2.24) is 0 Å². The summed E-state index contributed by atoms with van der Waals surface area (Å²) in [4.78, 5) is 0. The van der Waals surface area contributed by atoms with Crippen LogP contribution in [0.2, 0.25) is 0 Å². The second-order valence-electron chi connectivity index (χ2n) is 3.44. The third-order valence-corrected chi connectivity index (χ3v) is 2.63. The van der Waals surface area contributed by atoms with Gasteiger partial charge in [-0.05, 0) is 22.4 Å². The van der Waals surface area contributed by atoms with Crippen molar-refractivity contribution in [3.05, 3.63) is 47.3 Å². The van der Waals surface area contributed by atoms with Gasteiger partial charge >= 0.3 is 0 Å². The molecule has 0 spiro atoms. The molecule has 2 rings (SSSR count). The van der Waals surface area contributed by atoms with Gasteiger partial charge in [0.15, 0.2) is 0 Å². The molecule has 2 nitrogen and oxygen atoms in total. The zero-order chi connectivity index (χ0) is 10.8. The van der Waals surface area contributed by atoms with Crippen molar-refractivity contribution < 1.29 is 4.39 Å². The zero-order valence-corrected chi connectivity index (χ0v) is 8.33. The van der Waals surface area contributed by atoms with E-state index < -0.39 is 0 Å². The van der Waals surface area contributed by atoms with Gasteiger partial charge in [-0.2, -0.15) is 0 Å². The van der Waals surface area contributed by atoms with E-state index in [4.69, 9.17) is 11.5 Å². The van der Waals surface area contributed by atoms with Gasteiger partial charge in [0.1, 0.15) is 5.82 Å². The SMILES string of the molecule is NCc1c(F)cc2ccccc2c1CN. The Morgan fingerprint density at radius 1 is 1.00 bits per heavy atom. The molecule has 0 amide bonds. The number of hydrogen-bond donors (Lipinski definition) is 2. The van der Waals surface area contributed by atoms with E-state index in [1.807, 2.05) is 24.3 Å². The maximum absolute atomic E-state index is 13.6. The number of fused-ring (bicyclic) bond motifs is 1. The van der Waals surface area contributed by atoms with E-state index >= 15 is 0 Å². The van der Waals surface area contributed by atoms with Crippen LogP contribution in [-0.2, 0) is 13.1 Å². The lowest BCUT2D eigenvalue weighted by atomic mass is 9.98. The van der Waals surface area contributed by atoms with Crippen LogP contribution in [0.4, 0.5) is 4.39 Å². The van der Waals surface area contributed by atoms with Crippen LogP contribution in [0.15, 0.2) is 30.3 Å². The summed E-state index contributed by atoms with van der Waals surface area (Å²) in [5, 5.41) is 1.86. The summed E-state index contributed by atoms with van der Waals surface area (Å²) in [5.41, 5.74) is 12.5. The lowest BCUT2D eigenvalue weighted by Gasteiger charge is -2.11. The highest BCUT2D eigenvalue weighted by Gasteiger charge is 2.10. The van der Waals surface area contributed by atoms with Gasteiger partial charge in [0.05, 0.1) is 0 Å². The molecule has 15 heavy (non-hydrogen) atoms. The summed E-state index contributed by atoms with van der Waals surface area (Å²) in [5.74, 6) is -0.267. The Bertz CT molecular complexity index is 494. The monoisotopic (exact) mass is 204 g/mol. The Labute approximate surface area is 87.7 Å². The molecule has 0 saturated heterocycles. The fraction of sp³-hybridized carbons (Fsp3) is 0.167. The van der Waals surface area contributed by atoms with Crippen molar-refractivity contribution in [2.45, 2.75) is 13.1 Å². The van der Waals surface area contributed by atoms with Crippen LogP contribution in [0.25, 0.3) is 10.8 Å². The van der Waals surface area contributed by atoms with Crippen LogP contribution in [0.5, 0.6) is 0 Å². The smallest absolute Gasteiger partial charge is 0.128 e. The van der Waals surface area contributed by atoms with E-state index in [2.05, 4.69) is 0 Å². The third-order valence-electron chi connectivity index (χ3n) is 2.63. The first kappa shape index (κ1) is 10.1. The van der Waals surface area contributed by atoms with Crippen molar-refractivity contribution in [2.24, 2.45) is 11.5 Å². The maximum atomic E-state index is 13.6. The molecule has 0 unspecified atom stereocenters. The molecule has 0 aliphatic rings. The van der Waals surface area contributed by atoms with E-state index in [1.165, 1.54) is 6.07 Å². The fourth-order valence-electron chi connectivity index (χ4n) is 1.88. The van der Waals surface area contributed by atoms with E-state index in [-0.39, 0.29) is 12.4 Å². The van der Waals surface area contributed by atoms with Gasteiger partial charge in [0.25, 0.3) is 0 Å². The Morgan fingerprint density at radius 2 is 1.67 bits per heavy atom. The van der Waals surface area contributed by atoms with Crippen molar-refractivity contribution in [3.8, 4) is 0 Å². The van der Waals surface area contributed by atoms with E-state index in [9.17, 15) is 4.39 Å². The average molecular weight is 204 g/mol. The summed E-state index contributed by atoms with van der Waals surface area (Å²) in [6.07, 6.45) is 0. The summed E-state index contributed by atoms with van der Waals surface area (Å²) < 4.78 is 13.6. The Kier molecular flexibility index (Phi) is 2.66. The summed E-state index contributed by atoms with van der Waals surface area (Å²) >= 11 is 0. The first-order valence-corrected chi connectivity index (χ1v) is 4.87. The minimum Gasteiger partial charge on any atom is -0.326 e. The van der Waals surface area contributed by atoms with Crippen LogP contribution in [0, 0.1) is 5.82 Å². The molecule has 0 atom stereocenters. The number of rotatable bonds is 2.